The molecule has 1 aromatic carbocycles. The molecule has 0 N–H and O–H groups in total. The van der Waals surface area contributed by atoms with Gasteiger partial charge in [0.1, 0.15) is 11.7 Å². The average molecular weight is 425 g/mol. The van der Waals surface area contributed by atoms with Crippen LogP contribution < -0.4 is 9.80 Å². The number of likely N-dealkylation sites (N-methyl/N-ethyl adjacent to an activating group) is 1. The fourth-order valence-corrected chi connectivity index (χ4v) is 4.14. The van der Waals surface area contributed by atoms with Crippen LogP contribution in [0.5, 0.6) is 0 Å². The summed E-state index contributed by atoms with van der Waals surface area (Å²) >= 11 is 0. The fraction of sp³-hybridized carbons (Fsp3) is 0.208. The summed E-state index contributed by atoms with van der Waals surface area (Å²) in [4.78, 5) is 30.6. The first-order valence-electron chi connectivity index (χ1n) is 10.5. The SMILES string of the molecule is CC[C@@H]1C(=O)N(C)c2cnc(-c3ccncc3-c3ccccc3)nc2N1c1cnn(C)c1. The highest BCUT2D eigenvalue weighted by molar-refractivity contribution is 6.06. The minimum atomic E-state index is -0.370. The molecular weight excluding hydrogens is 402 g/mol. The van der Waals surface area contributed by atoms with Gasteiger partial charge in [-0.15, -0.1) is 0 Å². The molecule has 8 heteroatoms. The number of pyridine rings is 1. The maximum absolute atomic E-state index is 13.1. The van der Waals surface area contributed by atoms with E-state index in [1.54, 1.807) is 35.2 Å². The third-order valence-electron chi connectivity index (χ3n) is 5.77. The van der Waals surface area contributed by atoms with Crippen LogP contribution in [0.25, 0.3) is 22.5 Å². The number of aromatic nitrogens is 5. The van der Waals surface area contributed by atoms with Gasteiger partial charge in [-0.1, -0.05) is 37.3 Å². The molecule has 4 heterocycles. The molecule has 1 amide bonds. The lowest BCUT2D eigenvalue weighted by Crippen LogP contribution is -2.50. The van der Waals surface area contributed by atoms with E-state index in [1.165, 1.54) is 0 Å². The van der Waals surface area contributed by atoms with Crippen LogP contribution in [0.1, 0.15) is 13.3 Å². The Labute approximate surface area is 186 Å². The first-order valence-corrected chi connectivity index (χ1v) is 10.5. The number of carbonyl (C=O) groups excluding carboxylic acids is 1. The normalized spacial score (nSPS) is 15.7. The van der Waals surface area contributed by atoms with Gasteiger partial charge in [0.2, 0.25) is 5.91 Å². The van der Waals surface area contributed by atoms with Gasteiger partial charge >= 0.3 is 0 Å². The van der Waals surface area contributed by atoms with E-state index in [2.05, 4.69) is 15.1 Å². The minimum absolute atomic E-state index is 0.00842. The number of amides is 1. The molecule has 0 radical (unpaired) electrons. The van der Waals surface area contributed by atoms with Crippen LogP contribution in [0.2, 0.25) is 0 Å². The Kier molecular flexibility index (Phi) is 4.89. The van der Waals surface area contributed by atoms with E-state index in [0.29, 0.717) is 23.8 Å². The summed E-state index contributed by atoms with van der Waals surface area (Å²) in [6.07, 6.45) is 9.59. The van der Waals surface area contributed by atoms with Gasteiger partial charge in [0.25, 0.3) is 0 Å². The zero-order chi connectivity index (χ0) is 22.2. The van der Waals surface area contributed by atoms with E-state index in [0.717, 1.165) is 22.4 Å². The van der Waals surface area contributed by atoms with Gasteiger partial charge in [0.15, 0.2) is 11.6 Å². The molecule has 0 fully saturated rings. The van der Waals surface area contributed by atoms with Gasteiger partial charge in [0, 0.05) is 43.8 Å². The maximum Gasteiger partial charge on any atom is 0.250 e. The van der Waals surface area contributed by atoms with Crippen LogP contribution in [0.3, 0.4) is 0 Å². The number of hydrogen-bond donors (Lipinski definition) is 0. The van der Waals surface area contributed by atoms with E-state index in [4.69, 9.17) is 4.98 Å². The van der Waals surface area contributed by atoms with Crippen LogP contribution in [0.15, 0.2) is 67.4 Å². The number of anilines is 3. The third kappa shape index (κ3) is 3.20. The largest absolute Gasteiger partial charge is 0.309 e. The molecule has 4 aromatic rings. The number of nitrogens with zero attached hydrogens (tertiary/aromatic N) is 7. The Morgan fingerprint density at radius 3 is 2.53 bits per heavy atom. The summed E-state index contributed by atoms with van der Waals surface area (Å²) in [5.74, 6) is 1.28. The van der Waals surface area contributed by atoms with Gasteiger partial charge in [0.05, 0.1) is 18.1 Å². The number of hydrogen-bond acceptors (Lipinski definition) is 6. The molecule has 1 atom stereocenters. The molecule has 8 nitrogen and oxygen atoms in total. The van der Waals surface area contributed by atoms with Crippen molar-refractivity contribution in [3.8, 4) is 22.5 Å². The van der Waals surface area contributed by atoms with Crippen LogP contribution in [-0.4, -0.2) is 43.7 Å². The number of carbonyl (C=O) groups is 1. The Hall–Kier alpha value is -4.07. The van der Waals surface area contributed by atoms with Crippen molar-refractivity contribution < 1.29 is 4.79 Å². The summed E-state index contributed by atoms with van der Waals surface area (Å²) in [5.41, 5.74) is 4.37. The van der Waals surface area contributed by atoms with Crippen molar-refractivity contribution in [1.82, 2.24) is 24.7 Å². The second-order valence-electron chi connectivity index (χ2n) is 7.75. The first kappa shape index (κ1) is 19.9. The topological polar surface area (TPSA) is 80.0 Å². The Bertz CT molecular complexity index is 1280. The maximum atomic E-state index is 13.1. The number of aryl methyl sites for hydroxylation is 1. The molecule has 3 aromatic heterocycles. The molecule has 0 spiro atoms. The molecule has 0 saturated heterocycles. The van der Waals surface area contributed by atoms with Gasteiger partial charge < -0.3 is 9.80 Å². The van der Waals surface area contributed by atoms with Crippen LogP contribution in [-0.2, 0) is 11.8 Å². The fourth-order valence-electron chi connectivity index (χ4n) is 4.14. The molecule has 1 aliphatic rings. The zero-order valence-corrected chi connectivity index (χ0v) is 18.2. The molecule has 1 aliphatic heterocycles. The number of benzene rings is 1. The zero-order valence-electron chi connectivity index (χ0n) is 18.2. The predicted molar refractivity (Wildman–Crippen MR) is 124 cm³/mol. The highest BCUT2D eigenvalue weighted by atomic mass is 16.2. The Balaban J connectivity index is 1.70. The van der Waals surface area contributed by atoms with Crippen molar-refractivity contribution in [3.05, 3.63) is 67.4 Å². The lowest BCUT2D eigenvalue weighted by atomic mass is 10.0. The second kappa shape index (κ2) is 7.88. The monoisotopic (exact) mass is 425 g/mol. The van der Waals surface area contributed by atoms with E-state index >= 15 is 0 Å². The highest BCUT2D eigenvalue weighted by Crippen LogP contribution is 2.41. The van der Waals surface area contributed by atoms with Gasteiger partial charge in [-0.2, -0.15) is 5.10 Å². The van der Waals surface area contributed by atoms with Crippen molar-refractivity contribution in [1.29, 1.82) is 0 Å². The van der Waals surface area contributed by atoms with Gasteiger partial charge in [-0.25, -0.2) is 9.97 Å². The Morgan fingerprint density at radius 2 is 1.81 bits per heavy atom. The van der Waals surface area contributed by atoms with Crippen LogP contribution in [0.4, 0.5) is 17.2 Å². The summed E-state index contributed by atoms with van der Waals surface area (Å²) in [6, 6.07) is 11.6. The number of fused-ring (bicyclic) bond motifs is 1. The lowest BCUT2D eigenvalue weighted by molar-refractivity contribution is -0.119. The van der Waals surface area contributed by atoms with Crippen LogP contribution >= 0.6 is 0 Å². The molecule has 0 bridgehead atoms. The van der Waals surface area contributed by atoms with Crippen molar-refractivity contribution in [2.75, 3.05) is 16.8 Å². The third-order valence-corrected chi connectivity index (χ3v) is 5.77. The predicted octanol–water partition coefficient (Wildman–Crippen LogP) is 3.83. The van der Waals surface area contributed by atoms with Crippen LogP contribution in [0, 0.1) is 0 Å². The van der Waals surface area contributed by atoms with Crippen molar-refractivity contribution in [3.63, 3.8) is 0 Å². The van der Waals surface area contributed by atoms with Crippen molar-refractivity contribution in [2.45, 2.75) is 19.4 Å². The van der Waals surface area contributed by atoms with E-state index in [9.17, 15) is 4.79 Å². The standard InChI is InChI=1S/C24H23N7O/c1-4-20-24(32)30(3)21-14-26-22(28-23(21)31(20)17-12-27-29(2)15-17)18-10-11-25-13-19(18)16-8-6-5-7-9-16/h5-15,20H,4H2,1-3H3/t20-/m1/s1. The van der Waals surface area contributed by atoms with Crippen molar-refractivity contribution >= 4 is 23.1 Å². The van der Waals surface area contributed by atoms with Crippen molar-refractivity contribution in [2.24, 2.45) is 7.05 Å². The smallest absolute Gasteiger partial charge is 0.250 e. The number of rotatable bonds is 4. The van der Waals surface area contributed by atoms with E-state index < -0.39 is 0 Å². The molecule has 0 saturated carbocycles. The molecule has 0 aliphatic carbocycles. The first-order chi connectivity index (χ1) is 15.6. The Morgan fingerprint density at radius 1 is 1.00 bits per heavy atom. The second-order valence-corrected chi connectivity index (χ2v) is 7.75. The molecular formula is C24H23N7O. The van der Waals surface area contributed by atoms with E-state index in [-0.39, 0.29) is 11.9 Å². The van der Waals surface area contributed by atoms with Gasteiger partial charge in [-0.05, 0) is 18.1 Å². The summed E-state index contributed by atoms with van der Waals surface area (Å²) in [7, 11) is 3.63. The van der Waals surface area contributed by atoms with Gasteiger partial charge in [-0.3, -0.25) is 14.5 Å². The summed E-state index contributed by atoms with van der Waals surface area (Å²) in [6.45, 7) is 2.00. The summed E-state index contributed by atoms with van der Waals surface area (Å²) in [5, 5.41) is 4.31. The quantitative estimate of drug-likeness (QED) is 0.494. The molecule has 0 unspecified atom stereocenters. The van der Waals surface area contributed by atoms with E-state index in [1.807, 2.05) is 67.7 Å². The highest BCUT2D eigenvalue weighted by Gasteiger charge is 2.38. The summed E-state index contributed by atoms with van der Waals surface area (Å²) < 4.78 is 1.73. The lowest BCUT2D eigenvalue weighted by Gasteiger charge is -2.39. The molecule has 160 valence electrons. The molecule has 5 rings (SSSR count). The molecule has 32 heavy (non-hydrogen) atoms. The minimum Gasteiger partial charge on any atom is -0.309 e. The average Bonchev–Trinajstić information content (AvgIpc) is 3.27.